The fourth-order valence-electron chi connectivity index (χ4n) is 2.77. The number of phenolic OH excluding ortho intramolecular Hbond substituents is 1. The standard InChI is InChI=1S/C22H16N6O2/c23-13-16-11-19(8-9-25-16)30-18-6-4-15(5-7-18)26-21-12-20(27-22(24)28-21)14-2-1-3-17(29)10-14/h1-12,29H,(H3,24,26,27,28). The second-order valence-electron chi connectivity index (χ2n) is 6.29. The molecule has 0 bridgehead atoms. The van der Waals surface area contributed by atoms with E-state index < -0.39 is 0 Å². The molecule has 0 fully saturated rings. The molecule has 0 unspecified atom stereocenters. The molecule has 0 aliphatic rings. The maximum atomic E-state index is 9.69. The molecule has 8 nitrogen and oxygen atoms in total. The molecular formula is C22H16N6O2. The van der Waals surface area contributed by atoms with Crippen molar-refractivity contribution in [2.45, 2.75) is 0 Å². The molecule has 0 atom stereocenters. The third kappa shape index (κ3) is 4.43. The van der Waals surface area contributed by atoms with Gasteiger partial charge in [-0.2, -0.15) is 10.2 Å². The molecule has 0 radical (unpaired) electrons. The Kier molecular flexibility index (Phi) is 5.09. The smallest absolute Gasteiger partial charge is 0.222 e. The zero-order chi connectivity index (χ0) is 20.9. The summed E-state index contributed by atoms with van der Waals surface area (Å²) in [5.41, 5.74) is 8.23. The van der Waals surface area contributed by atoms with Crippen LogP contribution in [-0.2, 0) is 0 Å². The average molecular weight is 396 g/mol. The van der Waals surface area contributed by atoms with Gasteiger partial charge in [-0.15, -0.1) is 0 Å². The van der Waals surface area contributed by atoms with E-state index in [-0.39, 0.29) is 17.4 Å². The van der Waals surface area contributed by atoms with E-state index in [1.54, 1.807) is 48.5 Å². The number of benzene rings is 2. The van der Waals surface area contributed by atoms with Gasteiger partial charge in [0, 0.05) is 29.6 Å². The lowest BCUT2D eigenvalue weighted by atomic mass is 10.1. The fourth-order valence-corrected chi connectivity index (χ4v) is 2.77. The van der Waals surface area contributed by atoms with Gasteiger partial charge in [-0.3, -0.25) is 0 Å². The summed E-state index contributed by atoms with van der Waals surface area (Å²) in [7, 11) is 0. The van der Waals surface area contributed by atoms with E-state index in [0.29, 0.717) is 23.0 Å². The first-order valence-electron chi connectivity index (χ1n) is 8.94. The van der Waals surface area contributed by atoms with E-state index in [9.17, 15) is 5.11 Å². The zero-order valence-corrected chi connectivity index (χ0v) is 15.6. The van der Waals surface area contributed by atoms with Gasteiger partial charge >= 0.3 is 0 Å². The number of anilines is 3. The number of aromatic hydroxyl groups is 1. The van der Waals surface area contributed by atoms with Gasteiger partial charge in [0.15, 0.2) is 0 Å². The van der Waals surface area contributed by atoms with Gasteiger partial charge in [0.05, 0.1) is 5.69 Å². The van der Waals surface area contributed by atoms with Crippen molar-refractivity contribution >= 4 is 17.5 Å². The van der Waals surface area contributed by atoms with Gasteiger partial charge in [0.2, 0.25) is 5.95 Å². The van der Waals surface area contributed by atoms with Crippen LogP contribution in [-0.4, -0.2) is 20.1 Å². The van der Waals surface area contributed by atoms with Gasteiger partial charge in [-0.05, 0) is 42.5 Å². The van der Waals surface area contributed by atoms with Gasteiger partial charge in [0.25, 0.3) is 0 Å². The highest BCUT2D eigenvalue weighted by Crippen LogP contribution is 2.27. The number of hydrogen-bond acceptors (Lipinski definition) is 8. The van der Waals surface area contributed by atoms with Crippen molar-refractivity contribution in [3.05, 3.63) is 78.6 Å². The lowest BCUT2D eigenvalue weighted by molar-refractivity contribution is 0.475. The number of nitrogens with zero attached hydrogens (tertiary/aromatic N) is 4. The Morgan fingerprint density at radius 2 is 1.80 bits per heavy atom. The lowest BCUT2D eigenvalue weighted by Crippen LogP contribution is -2.01. The van der Waals surface area contributed by atoms with E-state index >= 15 is 0 Å². The molecule has 2 aromatic heterocycles. The summed E-state index contributed by atoms with van der Waals surface area (Å²) < 4.78 is 5.75. The number of pyridine rings is 1. The van der Waals surface area contributed by atoms with Crippen molar-refractivity contribution in [1.29, 1.82) is 5.26 Å². The summed E-state index contributed by atoms with van der Waals surface area (Å²) in [5, 5.41) is 21.8. The molecule has 0 aliphatic carbocycles. The molecule has 0 amide bonds. The molecule has 0 saturated carbocycles. The molecule has 4 aromatic rings. The van der Waals surface area contributed by atoms with Crippen molar-refractivity contribution < 1.29 is 9.84 Å². The second kappa shape index (κ2) is 8.16. The van der Waals surface area contributed by atoms with E-state index in [2.05, 4.69) is 20.3 Å². The quantitative estimate of drug-likeness (QED) is 0.457. The molecule has 0 spiro atoms. The number of nitriles is 1. The zero-order valence-electron chi connectivity index (χ0n) is 15.6. The van der Waals surface area contributed by atoms with Crippen LogP contribution < -0.4 is 15.8 Å². The van der Waals surface area contributed by atoms with Crippen LogP contribution in [0.3, 0.4) is 0 Å². The molecule has 0 saturated heterocycles. The van der Waals surface area contributed by atoms with E-state index in [4.69, 9.17) is 15.7 Å². The maximum absolute atomic E-state index is 9.69. The molecule has 4 rings (SSSR count). The summed E-state index contributed by atoms with van der Waals surface area (Å²) in [6, 6.07) is 21.0. The van der Waals surface area contributed by atoms with Crippen molar-refractivity contribution in [2.24, 2.45) is 0 Å². The summed E-state index contributed by atoms with van der Waals surface area (Å²) in [6.07, 6.45) is 1.52. The van der Waals surface area contributed by atoms with Crippen molar-refractivity contribution in [3.8, 4) is 34.6 Å². The van der Waals surface area contributed by atoms with Gasteiger partial charge in [0.1, 0.15) is 34.8 Å². The van der Waals surface area contributed by atoms with Gasteiger partial charge in [-0.1, -0.05) is 12.1 Å². The first-order chi connectivity index (χ1) is 14.6. The maximum Gasteiger partial charge on any atom is 0.222 e. The molecule has 146 valence electrons. The average Bonchev–Trinajstić information content (AvgIpc) is 2.75. The number of hydrogen-bond donors (Lipinski definition) is 3. The fraction of sp³-hybridized carbons (Fsp3) is 0. The SMILES string of the molecule is N#Cc1cc(Oc2ccc(Nc3cc(-c4cccc(O)c4)nc(N)n3)cc2)ccn1. The van der Waals surface area contributed by atoms with Gasteiger partial charge < -0.3 is 20.9 Å². The number of phenols is 1. The summed E-state index contributed by atoms with van der Waals surface area (Å²) in [4.78, 5) is 12.4. The number of ether oxygens (including phenoxy) is 1. The Labute approximate surface area is 172 Å². The largest absolute Gasteiger partial charge is 0.508 e. The number of aromatic nitrogens is 3. The van der Waals surface area contributed by atoms with Crippen molar-refractivity contribution in [1.82, 2.24) is 15.0 Å². The van der Waals surface area contributed by atoms with Crippen LogP contribution in [0.25, 0.3) is 11.3 Å². The highest BCUT2D eigenvalue weighted by Gasteiger charge is 2.07. The molecule has 2 heterocycles. The Balaban J connectivity index is 1.51. The van der Waals surface area contributed by atoms with E-state index in [1.165, 1.54) is 6.20 Å². The topological polar surface area (TPSA) is 130 Å². The predicted octanol–water partition coefficient (Wildman–Crippen LogP) is 4.23. The van der Waals surface area contributed by atoms with Crippen LogP contribution in [0, 0.1) is 11.3 Å². The van der Waals surface area contributed by atoms with Crippen molar-refractivity contribution in [3.63, 3.8) is 0 Å². The second-order valence-corrected chi connectivity index (χ2v) is 6.29. The molecular weight excluding hydrogens is 380 g/mol. The van der Waals surface area contributed by atoms with Crippen LogP contribution >= 0.6 is 0 Å². The van der Waals surface area contributed by atoms with E-state index in [0.717, 1.165) is 11.3 Å². The summed E-state index contributed by atoms with van der Waals surface area (Å²) in [5.74, 6) is 1.91. The monoisotopic (exact) mass is 396 g/mol. The van der Waals surface area contributed by atoms with Gasteiger partial charge in [-0.25, -0.2) is 9.97 Å². The molecule has 0 aliphatic heterocycles. The normalized spacial score (nSPS) is 10.2. The summed E-state index contributed by atoms with van der Waals surface area (Å²) in [6.45, 7) is 0. The minimum Gasteiger partial charge on any atom is -0.508 e. The lowest BCUT2D eigenvalue weighted by Gasteiger charge is -2.10. The van der Waals surface area contributed by atoms with E-state index in [1.807, 2.05) is 24.3 Å². The number of nitrogen functional groups attached to an aromatic ring is 1. The Morgan fingerprint density at radius 3 is 2.57 bits per heavy atom. The third-order valence-corrected chi connectivity index (χ3v) is 4.09. The molecule has 4 N–H and O–H groups in total. The highest BCUT2D eigenvalue weighted by atomic mass is 16.5. The predicted molar refractivity (Wildman–Crippen MR) is 112 cm³/mol. The Hall–Kier alpha value is -4.64. The minimum atomic E-state index is 0.115. The van der Waals surface area contributed by atoms with Crippen LogP contribution in [0.5, 0.6) is 17.2 Å². The first-order valence-corrected chi connectivity index (χ1v) is 8.94. The highest BCUT2D eigenvalue weighted by molar-refractivity contribution is 5.68. The molecule has 30 heavy (non-hydrogen) atoms. The number of rotatable bonds is 5. The number of nitrogens with two attached hydrogens (primary N) is 1. The first kappa shape index (κ1) is 18.7. The van der Waals surface area contributed by atoms with Crippen LogP contribution in [0.4, 0.5) is 17.5 Å². The van der Waals surface area contributed by atoms with Crippen LogP contribution in [0.2, 0.25) is 0 Å². The molecule has 8 heteroatoms. The Bertz CT molecular complexity index is 1240. The Morgan fingerprint density at radius 1 is 0.967 bits per heavy atom. The van der Waals surface area contributed by atoms with Crippen LogP contribution in [0.1, 0.15) is 5.69 Å². The number of nitrogens with one attached hydrogen (secondary N) is 1. The summed E-state index contributed by atoms with van der Waals surface area (Å²) >= 11 is 0. The molecule has 2 aromatic carbocycles. The van der Waals surface area contributed by atoms with Crippen LogP contribution in [0.15, 0.2) is 72.9 Å². The third-order valence-electron chi connectivity index (χ3n) is 4.09. The minimum absolute atomic E-state index is 0.115. The van der Waals surface area contributed by atoms with Crippen molar-refractivity contribution in [2.75, 3.05) is 11.1 Å².